The van der Waals surface area contributed by atoms with E-state index in [9.17, 15) is 19.3 Å². The average molecular weight is 317 g/mol. The summed E-state index contributed by atoms with van der Waals surface area (Å²) in [6.45, 7) is 0. The van der Waals surface area contributed by atoms with Crippen molar-refractivity contribution >= 4 is 17.5 Å². The standard InChI is InChI=1S/C15H12FN3O4/c16-12-5-3-11(4-6-12)15(20)23-18-14(17)9-10-1-7-13(8-2-10)19(21)22/h1-8H,9H2,(H2,17,18). The first-order valence-corrected chi connectivity index (χ1v) is 6.48. The van der Waals surface area contributed by atoms with Crippen molar-refractivity contribution in [2.24, 2.45) is 10.9 Å². The fourth-order valence-corrected chi connectivity index (χ4v) is 1.72. The molecule has 0 aliphatic rings. The third-order valence-electron chi connectivity index (χ3n) is 2.86. The van der Waals surface area contributed by atoms with Crippen LogP contribution in [0.25, 0.3) is 0 Å². The molecule has 0 amide bonds. The highest BCUT2D eigenvalue weighted by Crippen LogP contribution is 2.12. The number of hydrogen-bond acceptors (Lipinski definition) is 5. The Morgan fingerprint density at radius 1 is 1.17 bits per heavy atom. The van der Waals surface area contributed by atoms with Gasteiger partial charge in [-0.2, -0.15) is 0 Å². The Morgan fingerprint density at radius 2 is 1.78 bits per heavy atom. The zero-order valence-electron chi connectivity index (χ0n) is 11.8. The minimum absolute atomic E-state index is 0.0225. The van der Waals surface area contributed by atoms with Crippen molar-refractivity contribution in [3.63, 3.8) is 0 Å². The summed E-state index contributed by atoms with van der Waals surface area (Å²) in [4.78, 5) is 26.3. The lowest BCUT2D eigenvalue weighted by atomic mass is 10.1. The highest BCUT2D eigenvalue weighted by molar-refractivity contribution is 5.90. The second-order valence-electron chi connectivity index (χ2n) is 4.57. The maximum Gasteiger partial charge on any atom is 0.365 e. The van der Waals surface area contributed by atoms with Crippen molar-refractivity contribution in [2.75, 3.05) is 0 Å². The summed E-state index contributed by atoms with van der Waals surface area (Å²) in [5.74, 6) is -1.21. The lowest BCUT2D eigenvalue weighted by molar-refractivity contribution is -0.384. The van der Waals surface area contributed by atoms with Crippen molar-refractivity contribution in [1.82, 2.24) is 0 Å². The molecule has 0 saturated heterocycles. The van der Waals surface area contributed by atoms with Crippen LogP contribution in [0, 0.1) is 15.9 Å². The SMILES string of the molecule is N/C(Cc1ccc([N+](=O)[O-])cc1)=N\OC(=O)c1ccc(F)cc1. The maximum absolute atomic E-state index is 12.7. The molecule has 2 N–H and O–H groups in total. The molecule has 8 heteroatoms. The number of hydrogen-bond donors (Lipinski definition) is 1. The van der Waals surface area contributed by atoms with E-state index < -0.39 is 16.7 Å². The van der Waals surface area contributed by atoms with Gasteiger partial charge in [-0.15, -0.1) is 0 Å². The second kappa shape index (κ2) is 7.12. The Hall–Kier alpha value is -3.29. The summed E-state index contributed by atoms with van der Waals surface area (Å²) in [7, 11) is 0. The number of benzene rings is 2. The van der Waals surface area contributed by atoms with E-state index in [4.69, 9.17) is 5.73 Å². The quantitative estimate of drug-likeness (QED) is 0.299. The number of nitrogens with two attached hydrogens (primary N) is 1. The molecule has 0 heterocycles. The van der Waals surface area contributed by atoms with Crippen LogP contribution in [-0.4, -0.2) is 16.7 Å². The topological polar surface area (TPSA) is 108 Å². The number of oxime groups is 1. The first-order chi connectivity index (χ1) is 11.0. The minimum Gasteiger partial charge on any atom is -0.384 e. The van der Waals surface area contributed by atoms with Gasteiger partial charge in [-0.1, -0.05) is 17.3 Å². The summed E-state index contributed by atoms with van der Waals surface area (Å²) >= 11 is 0. The highest BCUT2D eigenvalue weighted by Gasteiger charge is 2.08. The molecule has 0 aliphatic carbocycles. The second-order valence-corrected chi connectivity index (χ2v) is 4.57. The Morgan fingerprint density at radius 3 is 2.35 bits per heavy atom. The minimum atomic E-state index is -0.767. The largest absolute Gasteiger partial charge is 0.384 e. The van der Waals surface area contributed by atoms with Crippen LogP contribution in [-0.2, 0) is 11.3 Å². The van der Waals surface area contributed by atoms with Crippen LogP contribution in [0.3, 0.4) is 0 Å². The third-order valence-corrected chi connectivity index (χ3v) is 2.86. The number of nitro benzene ring substituents is 1. The van der Waals surface area contributed by atoms with Crippen LogP contribution in [0.2, 0.25) is 0 Å². The molecule has 0 aromatic heterocycles. The molecule has 0 fully saturated rings. The van der Waals surface area contributed by atoms with Crippen molar-refractivity contribution in [3.05, 3.63) is 75.6 Å². The molecule has 7 nitrogen and oxygen atoms in total. The van der Waals surface area contributed by atoms with Crippen LogP contribution < -0.4 is 5.73 Å². The number of non-ortho nitro benzene ring substituents is 1. The molecule has 2 aromatic rings. The smallest absolute Gasteiger partial charge is 0.365 e. The van der Waals surface area contributed by atoms with Crippen LogP contribution in [0.4, 0.5) is 10.1 Å². The molecule has 0 spiro atoms. The fraction of sp³-hybridized carbons (Fsp3) is 0.0667. The molecule has 118 valence electrons. The van der Waals surface area contributed by atoms with Crippen molar-refractivity contribution in [3.8, 4) is 0 Å². The lowest BCUT2D eigenvalue weighted by Gasteiger charge is -2.02. The molecule has 0 atom stereocenters. The molecule has 0 aliphatic heterocycles. The van der Waals surface area contributed by atoms with Gasteiger partial charge in [0, 0.05) is 18.6 Å². The van der Waals surface area contributed by atoms with Gasteiger partial charge in [-0.3, -0.25) is 10.1 Å². The first kappa shape index (κ1) is 16.1. The molecule has 0 radical (unpaired) electrons. The maximum atomic E-state index is 12.7. The third kappa shape index (κ3) is 4.60. The van der Waals surface area contributed by atoms with Gasteiger partial charge in [0.1, 0.15) is 11.7 Å². The van der Waals surface area contributed by atoms with E-state index in [1.165, 1.54) is 36.4 Å². The van der Waals surface area contributed by atoms with Gasteiger partial charge in [0.2, 0.25) is 0 Å². The van der Waals surface area contributed by atoms with Gasteiger partial charge < -0.3 is 10.6 Å². The summed E-state index contributed by atoms with van der Waals surface area (Å²) in [5, 5.41) is 14.0. The van der Waals surface area contributed by atoms with Crippen molar-refractivity contribution in [2.45, 2.75) is 6.42 Å². The number of halogens is 1. The Bertz CT molecular complexity index is 742. The molecule has 0 saturated carbocycles. The van der Waals surface area contributed by atoms with Gasteiger partial charge in [0.25, 0.3) is 5.69 Å². The average Bonchev–Trinajstić information content (AvgIpc) is 2.54. The molecular formula is C15H12FN3O4. The zero-order chi connectivity index (χ0) is 16.8. The van der Waals surface area contributed by atoms with E-state index in [0.29, 0.717) is 5.56 Å². The normalized spacial score (nSPS) is 11.1. The molecule has 0 unspecified atom stereocenters. The summed E-state index contributed by atoms with van der Waals surface area (Å²) in [5.41, 5.74) is 6.41. The van der Waals surface area contributed by atoms with Crippen LogP contribution in [0.5, 0.6) is 0 Å². The predicted molar refractivity (Wildman–Crippen MR) is 80.2 cm³/mol. The van der Waals surface area contributed by atoms with Crippen LogP contribution in [0.1, 0.15) is 15.9 Å². The number of amidine groups is 1. The Kier molecular flexibility index (Phi) is 4.98. The summed E-state index contributed by atoms with van der Waals surface area (Å²) < 4.78 is 12.7. The zero-order valence-corrected chi connectivity index (χ0v) is 11.8. The fourth-order valence-electron chi connectivity index (χ4n) is 1.72. The number of rotatable bonds is 5. The Balaban J connectivity index is 1.95. The van der Waals surface area contributed by atoms with Crippen LogP contribution in [0.15, 0.2) is 53.7 Å². The van der Waals surface area contributed by atoms with Crippen molar-refractivity contribution in [1.29, 1.82) is 0 Å². The molecule has 0 bridgehead atoms. The summed E-state index contributed by atoms with van der Waals surface area (Å²) in [6, 6.07) is 10.5. The predicted octanol–water partition coefficient (Wildman–Crippen LogP) is 2.41. The van der Waals surface area contributed by atoms with Crippen molar-refractivity contribution < 1.29 is 18.9 Å². The van der Waals surface area contributed by atoms with Gasteiger partial charge in [-0.05, 0) is 29.8 Å². The summed E-state index contributed by atoms with van der Waals surface area (Å²) in [6.07, 6.45) is 0.161. The molecule has 2 rings (SSSR count). The van der Waals surface area contributed by atoms with Gasteiger partial charge in [-0.25, -0.2) is 9.18 Å². The van der Waals surface area contributed by atoms with Gasteiger partial charge in [0.15, 0.2) is 0 Å². The van der Waals surface area contributed by atoms with E-state index in [1.807, 2.05) is 0 Å². The monoisotopic (exact) mass is 317 g/mol. The van der Waals surface area contributed by atoms with E-state index >= 15 is 0 Å². The first-order valence-electron chi connectivity index (χ1n) is 6.48. The lowest BCUT2D eigenvalue weighted by Crippen LogP contribution is -2.16. The van der Waals surface area contributed by atoms with Gasteiger partial charge in [0.05, 0.1) is 10.5 Å². The molecular weight excluding hydrogens is 305 g/mol. The number of nitro groups is 1. The number of carbonyl (C=O) groups excluding carboxylic acids is 1. The van der Waals surface area contributed by atoms with E-state index in [0.717, 1.165) is 12.1 Å². The number of nitrogens with zero attached hydrogens (tertiary/aromatic N) is 2. The molecule has 2 aromatic carbocycles. The number of carbonyl (C=O) groups is 1. The highest BCUT2D eigenvalue weighted by atomic mass is 19.1. The van der Waals surface area contributed by atoms with Crippen LogP contribution >= 0.6 is 0 Å². The van der Waals surface area contributed by atoms with E-state index in [-0.39, 0.29) is 23.5 Å². The van der Waals surface area contributed by atoms with E-state index in [2.05, 4.69) is 9.99 Å². The van der Waals surface area contributed by atoms with E-state index in [1.54, 1.807) is 0 Å². The Labute approximate surface area is 130 Å². The molecule has 23 heavy (non-hydrogen) atoms. The van der Waals surface area contributed by atoms with Gasteiger partial charge >= 0.3 is 5.97 Å².